The molecule has 1 aliphatic rings. The molecule has 1 amide bonds. The van der Waals surface area contributed by atoms with E-state index in [0.717, 1.165) is 19.6 Å². The maximum atomic E-state index is 12.0. The Morgan fingerprint density at radius 1 is 1.47 bits per heavy atom. The van der Waals surface area contributed by atoms with Crippen molar-refractivity contribution in [3.05, 3.63) is 0 Å². The molecule has 1 fully saturated rings. The van der Waals surface area contributed by atoms with E-state index in [4.69, 9.17) is 4.74 Å². The molecule has 0 saturated carbocycles. The average Bonchev–Trinajstić information content (AvgIpc) is 2.61. The fourth-order valence-electron chi connectivity index (χ4n) is 2.13. The van der Waals surface area contributed by atoms with Gasteiger partial charge in [-0.25, -0.2) is 0 Å². The Hall–Kier alpha value is -0.610. The molecule has 4 nitrogen and oxygen atoms in total. The summed E-state index contributed by atoms with van der Waals surface area (Å²) in [6.07, 6.45) is 1.67. The van der Waals surface area contributed by atoms with Gasteiger partial charge >= 0.3 is 0 Å². The van der Waals surface area contributed by atoms with E-state index < -0.39 is 0 Å². The van der Waals surface area contributed by atoms with Gasteiger partial charge in [0, 0.05) is 32.2 Å². The average molecular weight is 242 g/mol. The summed E-state index contributed by atoms with van der Waals surface area (Å²) < 4.78 is 5.49. The molecule has 1 N–H and O–H groups in total. The SMILES string of the molecule is CC1OCCC1N(C)C(=O)CCNC(C)(C)C. The third-order valence-electron chi connectivity index (χ3n) is 3.22. The molecule has 0 radical (unpaired) electrons. The van der Waals surface area contributed by atoms with Crippen molar-refractivity contribution in [2.75, 3.05) is 20.2 Å². The van der Waals surface area contributed by atoms with E-state index >= 15 is 0 Å². The molecule has 0 aliphatic carbocycles. The number of ether oxygens (including phenoxy) is 1. The first-order valence-corrected chi connectivity index (χ1v) is 6.43. The lowest BCUT2D eigenvalue weighted by molar-refractivity contribution is -0.132. The highest BCUT2D eigenvalue weighted by molar-refractivity contribution is 5.76. The standard InChI is InChI=1S/C13H26N2O2/c1-10-11(7-9-17-10)15(5)12(16)6-8-14-13(2,3)4/h10-11,14H,6-9H2,1-5H3. The molecule has 2 atom stereocenters. The van der Waals surface area contributed by atoms with E-state index in [1.165, 1.54) is 0 Å². The van der Waals surface area contributed by atoms with Crippen LogP contribution in [0.4, 0.5) is 0 Å². The molecule has 0 aromatic carbocycles. The summed E-state index contributed by atoms with van der Waals surface area (Å²) >= 11 is 0. The molecular formula is C13H26N2O2. The Kier molecular flexibility index (Phi) is 4.95. The Bertz CT molecular complexity index is 261. The highest BCUT2D eigenvalue weighted by atomic mass is 16.5. The Labute approximate surface area is 105 Å². The van der Waals surface area contributed by atoms with Crippen LogP contribution < -0.4 is 5.32 Å². The first kappa shape index (κ1) is 14.5. The Morgan fingerprint density at radius 2 is 2.12 bits per heavy atom. The maximum absolute atomic E-state index is 12.0. The minimum Gasteiger partial charge on any atom is -0.376 e. The summed E-state index contributed by atoms with van der Waals surface area (Å²) in [5.74, 6) is 0.198. The zero-order chi connectivity index (χ0) is 13.1. The van der Waals surface area contributed by atoms with Gasteiger partial charge < -0.3 is 15.0 Å². The van der Waals surface area contributed by atoms with Gasteiger partial charge in [0.2, 0.25) is 5.91 Å². The fourth-order valence-corrected chi connectivity index (χ4v) is 2.13. The summed E-state index contributed by atoms with van der Waals surface area (Å²) in [4.78, 5) is 13.8. The first-order valence-electron chi connectivity index (χ1n) is 6.43. The van der Waals surface area contributed by atoms with E-state index in [1.54, 1.807) is 0 Å². The molecule has 0 spiro atoms. The number of amides is 1. The van der Waals surface area contributed by atoms with Crippen molar-refractivity contribution in [2.45, 2.75) is 58.2 Å². The molecule has 1 heterocycles. The highest BCUT2D eigenvalue weighted by Crippen LogP contribution is 2.18. The molecular weight excluding hydrogens is 216 g/mol. The number of nitrogens with zero attached hydrogens (tertiary/aromatic N) is 1. The third-order valence-corrected chi connectivity index (χ3v) is 3.22. The van der Waals surface area contributed by atoms with Crippen LogP contribution in [-0.4, -0.2) is 48.7 Å². The summed E-state index contributed by atoms with van der Waals surface area (Å²) in [6, 6.07) is 0.247. The minimum atomic E-state index is 0.0720. The zero-order valence-corrected chi connectivity index (χ0v) is 11.7. The number of likely N-dealkylation sites (N-methyl/N-ethyl adjacent to an activating group) is 1. The predicted octanol–water partition coefficient (Wildman–Crippen LogP) is 1.40. The van der Waals surface area contributed by atoms with Crippen molar-refractivity contribution in [1.29, 1.82) is 0 Å². The zero-order valence-electron chi connectivity index (χ0n) is 11.7. The number of hydrogen-bond acceptors (Lipinski definition) is 3. The van der Waals surface area contributed by atoms with Crippen molar-refractivity contribution in [3.63, 3.8) is 0 Å². The molecule has 4 heteroatoms. The minimum absolute atomic E-state index is 0.0720. The van der Waals surface area contributed by atoms with Crippen molar-refractivity contribution >= 4 is 5.91 Å². The van der Waals surface area contributed by atoms with Crippen LogP contribution in [-0.2, 0) is 9.53 Å². The van der Waals surface area contributed by atoms with Crippen LogP contribution in [0, 0.1) is 0 Å². The topological polar surface area (TPSA) is 41.6 Å². The van der Waals surface area contributed by atoms with E-state index in [9.17, 15) is 4.79 Å². The van der Waals surface area contributed by atoms with Crippen LogP contribution in [0.1, 0.15) is 40.5 Å². The smallest absolute Gasteiger partial charge is 0.223 e. The molecule has 2 unspecified atom stereocenters. The summed E-state index contributed by atoms with van der Waals surface area (Å²) in [7, 11) is 1.88. The second kappa shape index (κ2) is 5.83. The fraction of sp³-hybridized carbons (Fsp3) is 0.923. The van der Waals surface area contributed by atoms with Crippen LogP contribution in [0.2, 0.25) is 0 Å². The summed E-state index contributed by atoms with van der Waals surface area (Å²) in [5, 5.41) is 3.33. The molecule has 1 saturated heterocycles. The van der Waals surface area contributed by atoms with E-state index in [2.05, 4.69) is 26.1 Å². The predicted molar refractivity (Wildman–Crippen MR) is 69.0 cm³/mol. The monoisotopic (exact) mass is 242 g/mol. The van der Waals surface area contributed by atoms with Crippen LogP contribution in [0.3, 0.4) is 0 Å². The third kappa shape index (κ3) is 4.64. The van der Waals surface area contributed by atoms with E-state index in [-0.39, 0.29) is 23.6 Å². The van der Waals surface area contributed by atoms with Crippen molar-refractivity contribution in [2.24, 2.45) is 0 Å². The number of hydrogen-bond donors (Lipinski definition) is 1. The Balaban J connectivity index is 2.32. The lowest BCUT2D eigenvalue weighted by Crippen LogP contribution is -2.43. The quantitative estimate of drug-likeness (QED) is 0.810. The normalized spacial score (nSPS) is 25.0. The molecule has 1 aliphatic heterocycles. The van der Waals surface area contributed by atoms with Gasteiger partial charge in [0.25, 0.3) is 0 Å². The van der Waals surface area contributed by atoms with Gasteiger partial charge in [-0.05, 0) is 34.1 Å². The van der Waals surface area contributed by atoms with Crippen LogP contribution >= 0.6 is 0 Å². The lowest BCUT2D eigenvalue weighted by atomic mass is 10.1. The maximum Gasteiger partial charge on any atom is 0.223 e. The van der Waals surface area contributed by atoms with E-state index in [0.29, 0.717) is 6.42 Å². The van der Waals surface area contributed by atoms with Gasteiger partial charge in [0.1, 0.15) is 0 Å². The Morgan fingerprint density at radius 3 is 2.59 bits per heavy atom. The van der Waals surface area contributed by atoms with E-state index in [1.807, 2.05) is 18.9 Å². The van der Waals surface area contributed by atoms with Crippen molar-refractivity contribution in [3.8, 4) is 0 Å². The number of carbonyl (C=O) groups excluding carboxylic acids is 1. The summed E-state index contributed by atoms with van der Waals surface area (Å²) in [6.45, 7) is 9.85. The molecule has 17 heavy (non-hydrogen) atoms. The van der Waals surface area contributed by atoms with Gasteiger partial charge in [-0.15, -0.1) is 0 Å². The van der Waals surface area contributed by atoms with Gasteiger partial charge in [0.15, 0.2) is 0 Å². The number of rotatable bonds is 4. The molecule has 0 aromatic heterocycles. The largest absolute Gasteiger partial charge is 0.376 e. The van der Waals surface area contributed by atoms with Crippen LogP contribution in [0.25, 0.3) is 0 Å². The van der Waals surface area contributed by atoms with Crippen molar-refractivity contribution < 1.29 is 9.53 Å². The number of nitrogens with one attached hydrogen (secondary N) is 1. The molecule has 100 valence electrons. The summed E-state index contributed by atoms with van der Waals surface area (Å²) in [5.41, 5.74) is 0.0720. The highest BCUT2D eigenvalue weighted by Gasteiger charge is 2.30. The van der Waals surface area contributed by atoms with Crippen LogP contribution in [0.5, 0.6) is 0 Å². The van der Waals surface area contributed by atoms with Gasteiger partial charge in [-0.3, -0.25) is 4.79 Å². The second-order valence-corrected chi connectivity index (χ2v) is 5.86. The van der Waals surface area contributed by atoms with Gasteiger partial charge in [-0.1, -0.05) is 0 Å². The van der Waals surface area contributed by atoms with Crippen LogP contribution in [0.15, 0.2) is 0 Å². The molecule has 1 rings (SSSR count). The number of carbonyl (C=O) groups is 1. The van der Waals surface area contributed by atoms with Crippen molar-refractivity contribution in [1.82, 2.24) is 10.2 Å². The van der Waals surface area contributed by atoms with Gasteiger partial charge in [0.05, 0.1) is 12.1 Å². The first-order chi connectivity index (χ1) is 7.81. The molecule has 0 aromatic rings. The molecule has 0 bridgehead atoms. The second-order valence-electron chi connectivity index (χ2n) is 5.86. The lowest BCUT2D eigenvalue weighted by Gasteiger charge is -2.27. The van der Waals surface area contributed by atoms with Gasteiger partial charge in [-0.2, -0.15) is 0 Å².